The van der Waals surface area contributed by atoms with Gasteiger partial charge < -0.3 is 0 Å². The molecule has 0 bridgehead atoms. The molecule has 15 heavy (non-hydrogen) atoms. The van der Waals surface area contributed by atoms with Crippen molar-refractivity contribution < 1.29 is 4.79 Å². The number of fused-ring (bicyclic) bond motifs is 2. The minimum absolute atomic E-state index is 0.0882. The number of amides is 1. The van der Waals surface area contributed by atoms with Gasteiger partial charge in [0.2, 0.25) is 11.9 Å². The molecule has 1 aromatic heterocycles. The first kappa shape index (κ1) is 8.34. The maximum Gasteiger partial charge on any atom is 0.261 e. The van der Waals surface area contributed by atoms with Crippen LogP contribution in [0.4, 0.5) is 11.8 Å². The average Bonchev–Trinajstić information content (AvgIpc) is 2.77. The predicted molar refractivity (Wildman–Crippen MR) is 53.8 cm³/mol. The van der Waals surface area contributed by atoms with Crippen LogP contribution in [0.15, 0.2) is 9.79 Å². The second kappa shape index (κ2) is 2.53. The monoisotopic (exact) mass is 204 g/mol. The van der Waals surface area contributed by atoms with Crippen molar-refractivity contribution in [3.05, 3.63) is 15.9 Å². The third-order valence-electron chi connectivity index (χ3n) is 2.70. The van der Waals surface area contributed by atoms with Crippen LogP contribution in [-0.2, 0) is 17.8 Å². The summed E-state index contributed by atoms with van der Waals surface area (Å²) < 4.78 is 1.40. The SMILES string of the molecule is CN1C(=O)Cn2c1nc1c(c2=O)CC=N1. The summed E-state index contributed by atoms with van der Waals surface area (Å²) >= 11 is 0. The fourth-order valence-electron chi connectivity index (χ4n) is 1.83. The van der Waals surface area contributed by atoms with Crippen LogP contribution in [-0.4, -0.2) is 28.7 Å². The summed E-state index contributed by atoms with van der Waals surface area (Å²) in [5, 5.41) is 0. The highest BCUT2D eigenvalue weighted by Crippen LogP contribution is 2.24. The van der Waals surface area contributed by atoms with Gasteiger partial charge in [0.25, 0.3) is 5.56 Å². The summed E-state index contributed by atoms with van der Waals surface area (Å²) in [6, 6.07) is 0. The van der Waals surface area contributed by atoms with E-state index in [4.69, 9.17) is 0 Å². The molecule has 0 aliphatic carbocycles. The Morgan fingerprint density at radius 3 is 3.00 bits per heavy atom. The number of anilines is 1. The van der Waals surface area contributed by atoms with Crippen LogP contribution >= 0.6 is 0 Å². The van der Waals surface area contributed by atoms with Gasteiger partial charge in [0, 0.05) is 19.7 Å². The van der Waals surface area contributed by atoms with E-state index in [1.165, 1.54) is 9.47 Å². The molecule has 0 N–H and O–H groups in total. The zero-order valence-electron chi connectivity index (χ0n) is 8.10. The number of rotatable bonds is 0. The van der Waals surface area contributed by atoms with Gasteiger partial charge >= 0.3 is 0 Å². The maximum absolute atomic E-state index is 11.9. The van der Waals surface area contributed by atoms with Crippen LogP contribution in [0.25, 0.3) is 0 Å². The highest BCUT2D eigenvalue weighted by Gasteiger charge is 2.29. The number of carbonyl (C=O) groups excluding carboxylic acids is 1. The van der Waals surface area contributed by atoms with Crippen LogP contribution in [0.2, 0.25) is 0 Å². The second-order valence-corrected chi connectivity index (χ2v) is 3.57. The zero-order valence-corrected chi connectivity index (χ0v) is 8.10. The fraction of sp³-hybridized carbons (Fsp3) is 0.333. The molecule has 1 aromatic rings. The number of likely N-dealkylation sites (N-methyl/N-ethyl adjacent to an activating group) is 1. The molecule has 2 aliphatic heterocycles. The van der Waals surface area contributed by atoms with Gasteiger partial charge in [-0.2, -0.15) is 4.98 Å². The minimum Gasteiger partial charge on any atom is -0.284 e. The summed E-state index contributed by atoms with van der Waals surface area (Å²) in [5.41, 5.74) is 0.437. The molecule has 0 aromatic carbocycles. The molecule has 6 nitrogen and oxygen atoms in total. The highest BCUT2D eigenvalue weighted by molar-refractivity contribution is 5.94. The summed E-state index contributed by atoms with van der Waals surface area (Å²) in [6.45, 7) is 0.0882. The van der Waals surface area contributed by atoms with Crippen molar-refractivity contribution >= 4 is 23.9 Å². The van der Waals surface area contributed by atoms with Crippen molar-refractivity contribution in [2.75, 3.05) is 11.9 Å². The Morgan fingerprint density at radius 2 is 2.20 bits per heavy atom. The molecule has 0 saturated heterocycles. The third-order valence-corrected chi connectivity index (χ3v) is 2.70. The van der Waals surface area contributed by atoms with Gasteiger partial charge in [-0.3, -0.25) is 19.1 Å². The van der Waals surface area contributed by atoms with Gasteiger partial charge in [0.1, 0.15) is 6.54 Å². The van der Waals surface area contributed by atoms with Crippen LogP contribution < -0.4 is 10.5 Å². The Hall–Kier alpha value is -1.98. The first-order valence-electron chi connectivity index (χ1n) is 4.61. The van der Waals surface area contributed by atoms with Crippen molar-refractivity contribution in [1.29, 1.82) is 0 Å². The van der Waals surface area contributed by atoms with E-state index < -0.39 is 0 Å². The number of nitrogens with zero attached hydrogens (tertiary/aromatic N) is 4. The summed E-state index contributed by atoms with van der Waals surface area (Å²) in [7, 11) is 1.61. The number of aliphatic imine (C=N–C) groups is 1. The zero-order chi connectivity index (χ0) is 10.6. The van der Waals surface area contributed by atoms with E-state index in [1.54, 1.807) is 13.3 Å². The quantitative estimate of drug-likeness (QED) is 0.571. The molecule has 2 aliphatic rings. The average molecular weight is 204 g/mol. The van der Waals surface area contributed by atoms with Crippen molar-refractivity contribution in [3.63, 3.8) is 0 Å². The van der Waals surface area contributed by atoms with Gasteiger partial charge in [-0.1, -0.05) is 0 Å². The maximum atomic E-state index is 11.9. The molecule has 0 atom stereocenters. The molecule has 0 radical (unpaired) electrons. The minimum atomic E-state index is -0.148. The summed E-state index contributed by atoms with van der Waals surface area (Å²) in [4.78, 5) is 32.9. The van der Waals surface area contributed by atoms with Crippen molar-refractivity contribution in [3.8, 4) is 0 Å². The Kier molecular flexibility index (Phi) is 1.41. The van der Waals surface area contributed by atoms with Gasteiger partial charge in [-0.05, 0) is 0 Å². The largest absolute Gasteiger partial charge is 0.284 e. The molecule has 76 valence electrons. The van der Waals surface area contributed by atoms with E-state index in [0.717, 1.165) is 0 Å². The normalized spacial score (nSPS) is 17.1. The second-order valence-electron chi connectivity index (χ2n) is 3.57. The smallest absolute Gasteiger partial charge is 0.261 e. The molecular weight excluding hydrogens is 196 g/mol. The van der Waals surface area contributed by atoms with Crippen molar-refractivity contribution in [2.45, 2.75) is 13.0 Å². The summed E-state index contributed by atoms with van der Waals surface area (Å²) in [5.74, 6) is 0.725. The Balaban J connectivity index is 2.33. The molecule has 3 rings (SSSR count). The standard InChI is InChI=1S/C9H8N4O2/c1-12-6(14)4-13-8(15)5-2-3-10-7(5)11-9(12)13/h3H,2,4H2,1H3. The number of carbonyl (C=O) groups is 1. The Labute approximate surface area is 84.9 Å². The molecule has 3 heterocycles. The van der Waals surface area contributed by atoms with Gasteiger partial charge in [0.05, 0.1) is 5.56 Å². The van der Waals surface area contributed by atoms with Crippen molar-refractivity contribution in [1.82, 2.24) is 9.55 Å². The molecule has 6 heteroatoms. The van der Waals surface area contributed by atoms with Gasteiger partial charge in [-0.25, -0.2) is 4.99 Å². The molecule has 1 amide bonds. The summed E-state index contributed by atoms with van der Waals surface area (Å²) in [6.07, 6.45) is 2.18. The van der Waals surface area contributed by atoms with Gasteiger partial charge in [-0.15, -0.1) is 0 Å². The molecule has 0 spiro atoms. The fourth-order valence-corrected chi connectivity index (χ4v) is 1.83. The third kappa shape index (κ3) is 0.930. The van der Waals surface area contributed by atoms with Crippen LogP contribution in [0.5, 0.6) is 0 Å². The van der Waals surface area contributed by atoms with Crippen LogP contribution in [0, 0.1) is 0 Å². The molecule has 0 fully saturated rings. The highest BCUT2D eigenvalue weighted by atomic mass is 16.2. The van der Waals surface area contributed by atoms with E-state index in [0.29, 0.717) is 23.8 Å². The first-order chi connectivity index (χ1) is 7.18. The topological polar surface area (TPSA) is 67.6 Å². The van der Waals surface area contributed by atoms with Gasteiger partial charge in [0.15, 0.2) is 5.82 Å². The number of hydrogen-bond donors (Lipinski definition) is 0. The molecular formula is C9H8N4O2. The number of aromatic nitrogens is 2. The van der Waals surface area contributed by atoms with Crippen LogP contribution in [0.1, 0.15) is 5.56 Å². The Morgan fingerprint density at radius 1 is 1.40 bits per heavy atom. The first-order valence-corrected chi connectivity index (χ1v) is 4.61. The lowest BCUT2D eigenvalue weighted by molar-refractivity contribution is -0.117. The van der Waals surface area contributed by atoms with E-state index in [-0.39, 0.29) is 18.0 Å². The Bertz CT molecular complexity index is 558. The van der Waals surface area contributed by atoms with Crippen molar-refractivity contribution in [2.24, 2.45) is 4.99 Å². The van der Waals surface area contributed by atoms with E-state index in [1.807, 2.05) is 0 Å². The lowest BCUT2D eigenvalue weighted by Crippen LogP contribution is -2.23. The lowest BCUT2D eigenvalue weighted by Gasteiger charge is -2.08. The lowest BCUT2D eigenvalue weighted by atomic mass is 10.2. The van der Waals surface area contributed by atoms with E-state index in [9.17, 15) is 9.59 Å². The predicted octanol–water partition coefficient (Wildman–Crippen LogP) is -0.522. The molecule has 0 saturated carbocycles. The van der Waals surface area contributed by atoms with E-state index in [2.05, 4.69) is 9.98 Å². The number of hydrogen-bond acceptors (Lipinski definition) is 4. The van der Waals surface area contributed by atoms with Crippen LogP contribution in [0.3, 0.4) is 0 Å². The van der Waals surface area contributed by atoms with E-state index >= 15 is 0 Å². The molecule has 0 unspecified atom stereocenters.